The third kappa shape index (κ3) is 10.3. The molecule has 102 valence electrons. The molecule has 0 spiro atoms. The lowest BCUT2D eigenvalue weighted by molar-refractivity contribution is -0.122. The number of unbranched alkanes of at least 4 members (excludes halogenated alkanes) is 7. The van der Waals surface area contributed by atoms with Crippen LogP contribution < -0.4 is 5.73 Å². The summed E-state index contributed by atoms with van der Waals surface area (Å²) in [5.41, 5.74) is 5.38. The van der Waals surface area contributed by atoms with Gasteiger partial charge in [0.25, 0.3) is 0 Å². The molecule has 0 bridgehead atoms. The fourth-order valence-electron chi connectivity index (χ4n) is 2.30. The Hall–Kier alpha value is -0.530. The van der Waals surface area contributed by atoms with Crippen molar-refractivity contribution in [3.8, 4) is 0 Å². The molecule has 1 amide bonds. The van der Waals surface area contributed by atoms with Crippen molar-refractivity contribution < 1.29 is 4.79 Å². The van der Waals surface area contributed by atoms with Crippen LogP contribution in [0, 0.1) is 5.92 Å². The van der Waals surface area contributed by atoms with E-state index in [1.54, 1.807) is 0 Å². The largest absolute Gasteiger partial charge is 0.369 e. The van der Waals surface area contributed by atoms with Gasteiger partial charge in [-0.1, -0.05) is 71.6 Å². The summed E-state index contributed by atoms with van der Waals surface area (Å²) in [6, 6.07) is 0. The molecule has 0 rings (SSSR count). The number of carbonyl (C=O) groups is 1. The van der Waals surface area contributed by atoms with Crippen molar-refractivity contribution in [1.82, 2.24) is 0 Å². The van der Waals surface area contributed by atoms with Crippen molar-refractivity contribution >= 4 is 5.91 Å². The van der Waals surface area contributed by atoms with Crippen molar-refractivity contribution in [2.45, 2.75) is 84.5 Å². The number of carbonyl (C=O) groups excluding carboxylic acids is 1. The van der Waals surface area contributed by atoms with Gasteiger partial charge in [0.1, 0.15) is 0 Å². The van der Waals surface area contributed by atoms with Crippen molar-refractivity contribution in [3.05, 3.63) is 0 Å². The SMILES string of the molecule is CCCCCCCCCCC(CCC)C(N)=O. The van der Waals surface area contributed by atoms with Crippen LogP contribution in [0.15, 0.2) is 0 Å². The Morgan fingerprint density at radius 1 is 0.824 bits per heavy atom. The van der Waals surface area contributed by atoms with Crippen LogP contribution in [-0.2, 0) is 4.79 Å². The van der Waals surface area contributed by atoms with Crippen LogP contribution in [0.3, 0.4) is 0 Å². The minimum absolute atomic E-state index is 0.102. The Morgan fingerprint density at radius 3 is 1.82 bits per heavy atom. The molecule has 1 atom stereocenters. The molecule has 2 N–H and O–H groups in total. The number of hydrogen-bond donors (Lipinski definition) is 1. The molecular weight excluding hydrogens is 210 g/mol. The van der Waals surface area contributed by atoms with Gasteiger partial charge in [-0.25, -0.2) is 0 Å². The number of amides is 1. The van der Waals surface area contributed by atoms with E-state index in [1.807, 2.05) is 0 Å². The van der Waals surface area contributed by atoms with Gasteiger partial charge in [0, 0.05) is 5.92 Å². The molecule has 0 heterocycles. The van der Waals surface area contributed by atoms with Gasteiger partial charge in [0.15, 0.2) is 0 Å². The van der Waals surface area contributed by atoms with E-state index in [0.29, 0.717) is 0 Å². The zero-order valence-corrected chi connectivity index (χ0v) is 11.8. The monoisotopic (exact) mass is 241 g/mol. The van der Waals surface area contributed by atoms with Crippen LogP contribution in [0.2, 0.25) is 0 Å². The molecule has 0 aromatic heterocycles. The van der Waals surface area contributed by atoms with Gasteiger partial charge in [-0.15, -0.1) is 0 Å². The van der Waals surface area contributed by atoms with Crippen molar-refractivity contribution in [3.63, 3.8) is 0 Å². The minimum Gasteiger partial charge on any atom is -0.369 e. The van der Waals surface area contributed by atoms with Crippen molar-refractivity contribution in [1.29, 1.82) is 0 Å². The minimum atomic E-state index is -0.102. The average molecular weight is 241 g/mol. The van der Waals surface area contributed by atoms with Gasteiger partial charge < -0.3 is 5.73 Å². The lowest BCUT2D eigenvalue weighted by Crippen LogP contribution is -2.23. The van der Waals surface area contributed by atoms with Crippen LogP contribution in [0.25, 0.3) is 0 Å². The molecule has 0 aromatic rings. The summed E-state index contributed by atoms with van der Waals surface area (Å²) in [7, 11) is 0. The van der Waals surface area contributed by atoms with Crippen LogP contribution in [0.4, 0.5) is 0 Å². The van der Waals surface area contributed by atoms with Crippen molar-refractivity contribution in [2.75, 3.05) is 0 Å². The number of nitrogens with two attached hydrogens (primary N) is 1. The molecule has 2 heteroatoms. The maximum atomic E-state index is 11.1. The third-order valence-electron chi connectivity index (χ3n) is 3.45. The van der Waals surface area contributed by atoms with E-state index in [2.05, 4.69) is 13.8 Å². The standard InChI is InChI=1S/C15H31NO/c1-3-5-6-7-8-9-10-11-13-14(12-4-2)15(16)17/h14H,3-13H2,1-2H3,(H2,16,17). The van der Waals surface area contributed by atoms with Gasteiger partial charge in [-0.2, -0.15) is 0 Å². The zero-order chi connectivity index (χ0) is 12.9. The second-order valence-corrected chi connectivity index (χ2v) is 5.15. The third-order valence-corrected chi connectivity index (χ3v) is 3.45. The molecule has 0 aromatic carbocycles. The topological polar surface area (TPSA) is 43.1 Å². The molecule has 0 aliphatic heterocycles. The summed E-state index contributed by atoms with van der Waals surface area (Å²) in [5.74, 6) is 0.0230. The predicted molar refractivity (Wildman–Crippen MR) is 74.8 cm³/mol. The average Bonchev–Trinajstić information content (AvgIpc) is 2.31. The predicted octanol–water partition coefficient (Wildman–Crippen LogP) is 4.42. The van der Waals surface area contributed by atoms with Gasteiger partial charge in [0.05, 0.1) is 0 Å². The maximum Gasteiger partial charge on any atom is 0.220 e. The first-order valence-corrected chi connectivity index (χ1v) is 7.51. The second kappa shape index (κ2) is 11.9. The molecule has 0 saturated carbocycles. The molecule has 0 saturated heterocycles. The Balaban J connectivity index is 3.33. The Labute approximate surface area is 107 Å². The first kappa shape index (κ1) is 16.5. The fourth-order valence-corrected chi connectivity index (χ4v) is 2.30. The molecule has 0 aliphatic rings. The van der Waals surface area contributed by atoms with E-state index in [0.717, 1.165) is 19.3 Å². The normalized spacial score (nSPS) is 12.6. The summed E-state index contributed by atoms with van der Waals surface area (Å²) >= 11 is 0. The highest BCUT2D eigenvalue weighted by molar-refractivity contribution is 5.76. The number of hydrogen-bond acceptors (Lipinski definition) is 1. The number of rotatable bonds is 12. The lowest BCUT2D eigenvalue weighted by Gasteiger charge is -2.11. The summed E-state index contributed by atoms with van der Waals surface area (Å²) in [6.45, 7) is 4.36. The summed E-state index contributed by atoms with van der Waals surface area (Å²) < 4.78 is 0. The quantitative estimate of drug-likeness (QED) is 0.505. The summed E-state index contributed by atoms with van der Waals surface area (Å²) in [4.78, 5) is 11.1. The zero-order valence-electron chi connectivity index (χ0n) is 11.8. The number of primary amides is 1. The first-order valence-electron chi connectivity index (χ1n) is 7.51. The molecular formula is C15H31NO. The van der Waals surface area contributed by atoms with Crippen molar-refractivity contribution in [2.24, 2.45) is 11.7 Å². The first-order chi connectivity index (χ1) is 8.22. The lowest BCUT2D eigenvalue weighted by atomic mass is 9.95. The van der Waals surface area contributed by atoms with E-state index in [9.17, 15) is 4.79 Å². The molecule has 0 aliphatic carbocycles. The molecule has 0 fully saturated rings. The van der Waals surface area contributed by atoms with Crippen LogP contribution in [0.5, 0.6) is 0 Å². The highest BCUT2D eigenvalue weighted by Crippen LogP contribution is 2.16. The van der Waals surface area contributed by atoms with E-state index < -0.39 is 0 Å². The van der Waals surface area contributed by atoms with Crippen LogP contribution in [-0.4, -0.2) is 5.91 Å². The summed E-state index contributed by atoms with van der Waals surface area (Å²) in [5, 5.41) is 0. The fraction of sp³-hybridized carbons (Fsp3) is 0.933. The summed E-state index contributed by atoms with van der Waals surface area (Å²) in [6.07, 6.45) is 13.6. The Kier molecular flexibility index (Phi) is 11.6. The smallest absolute Gasteiger partial charge is 0.220 e. The van der Waals surface area contributed by atoms with E-state index in [-0.39, 0.29) is 11.8 Å². The van der Waals surface area contributed by atoms with E-state index >= 15 is 0 Å². The van der Waals surface area contributed by atoms with Gasteiger partial charge in [-0.05, 0) is 12.8 Å². The van der Waals surface area contributed by atoms with Gasteiger partial charge >= 0.3 is 0 Å². The maximum absolute atomic E-state index is 11.1. The van der Waals surface area contributed by atoms with E-state index in [1.165, 1.54) is 51.4 Å². The van der Waals surface area contributed by atoms with E-state index in [4.69, 9.17) is 5.73 Å². The van der Waals surface area contributed by atoms with Crippen LogP contribution >= 0.6 is 0 Å². The highest BCUT2D eigenvalue weighted by Gasteiger charge is 2.12. The molecule has 2 nitrogen and oxygen atoms in total. The van der Waals surface area contributed by atoms with Crippen LogP contribution in [0.1, 0.15) is 84.5 Å². The van der Waals surface area contributed by atoms with Gasteiger partial charge in [0.2, 0.25) is 5.91 Å². The second-order valence-electron chi connectivity index (χ2n) is 5.15. The molecule has 17 heavy (non-hydrogen) atoms. The molecule has 0 radical (unpaired) electrons. The highest BCUT2D eigenvalue weighted by atomic mass is 16.1. The Morgan fingerprint density at radius 2 is 1.35 bits per heavy atom. The van der Waals surface area contributed by atoms with Gasteiger partial charge in [-0.3, -0.25) is 4.79 Å². The molecule has 1 unspecified atom stereocenters. The Bertz CT molecular complexity index is 180.